The SMILES string of the molecule is CNC(=O)c1cc(C(=O)OC)cc2c1OCC2(CO)c1ccccc1. The van der Waals surface area contributed by atoms with E-state index in [1.807, 2.05) is 30.3 Å². The number of hydrogen-bond acceptors (Lipinski definition) is 5. The van der Waals surface area contributed by atoms with Crippen LogP contribution in [0.25, 0.3) is 0 Å². The lowest BCUT2D eigenvalue weighted by Crippen LogP contribution is -2.34. The molecule has 0 fully saturated rings. The maximum Gasteiger partial charge on any atom is 0.337 e. The first-order valence-electron chi connectivity index (χ1n) is 7.85. The number of fused-ring (bicyclic) bond motifs is 1. The normalized spacial score (nSPS) is 18.2. The molecule has 6 heteroatoms. The van der Waals surface area contributed by atoms with Crippen molar-refractivity contribution in [3.63, 3.8) is 0 Å². The third kappa shape index (κ3) is 2.64. The molecular formula is C19H19NO5. The lowest BCUT2D eigenvalue weighted by Gasteiger charge is -2.26. The van der Waals surface area contributed by atoms with Gasteiger partial charge in [0.1, 0.15) is 12.4 Å². The number of carbonyl (C=O) groups excluding carboxylic acids is 2. The minimum Gasteiger partial charge on any atom is -0.491 e. The Morgan fingerprint density at radius 3 is 2.60 bits per heavy atom. The zero-order valence-corrected chi connectivity index (χ0v) is 14.0. The van der Waals surface area contributed by atoms with Crippen molar-refractivity contribution in [2.45, 2.75) is 5.41 Å². The van der Waals surface area contributed by atoms with E-state index in [-0.39, 0.29) is 30.2 Å². The Bertz CT molecular complexity index is 818. The Labute approximate surface area is 145 Å². The molecule has 0 bridgehead atoms. The summed E-state index contributed by atoms with van der Waals surface area (Å²) in [6.07, 6.45) is 0. The minimum absolute atomic E-state index is 0.178. The number of hydrogen-bond donors (Lipinski definition) is 2. The number of benzene rings is 2. The quantitative estimate of drug-likeness (QED) is 0.824. The largest absolute Gasteiger partial charge is 0.491 e. The van der Waals surface area contributed by atoms with E-state index in [4.69, 9.17) is 9.47 Å². The molecule has 1 amide bonds. The Morgan fingerprint density at radius 1 is 1.28 bits per heavy atom. The number of rotatable bonds is 4. The molecule has 3 rings (SSSR count). The van der Waals surface area contributed by atoms with E-state index < -0.39 is 11.4 Å². The van der Waals surface area contributed by atoms with Crippen LogP contribution in [0.2, 0.25) is 0 Å². The van der Waals surface area contributed by atoms with Gasteiger partial charge in [0.2, 0.25) is 0 Å². The van der Waals surface area contributed by atoms with Crippen LogP contribution in [0.1, 0.15) is 31.8 Å². The number of ether oxygens (including phenoxy) is 2. The lowest BCUT2D eigenvalue weighted by atomic mass is 9.76. The van der Waals surface area contributed by atoms with Crippen LogP contribution in [-0.4, -0.2) is 44.4 Å². The molecule has 1 heterocycles. The Kier molecular flexibility index (Phi) is 4.46. The summed E-state index contributed by atoms with van der Waals surface area (Å²) >= 11 is 0. The molecule has 130 valence electrons. The fourth-order valence-corrected chi connectivity index (χ4v) is 3.17. The average Bonchev–Trinajstić information content (AvgIpc) is 3.06. The average molecular weight is 341 g/mol. The van der Waals surface area contributed by atoms with E-state index >= 15 is 0 Å². The zero-order chi connectivity index (χ0) is 18.0. The van der Waals surface area contributed by atoms with Crippen LogP contribution in [0.4, 0.5) is 0 Å². The fourth-order valence-electron chi connectivity index (χ4n) is 3.17. The lowest BCUT2D eigenvalue weighted by molar-refractivity contribution is 0.0600. The highest BCUT2D eigenvalue weighted by atomic mass is 16.5. The molecule has 0 saturated heterocycles. The van der Waals surface area contributed by atoms with Gasteiger partial charge in [-0.3, -0.25) is 4.79 Å². The Morgan fingerprint density at radius 2 is 2.00 bits per heavy atom. The summed E-state index contributed by atoms with van der Waals surface area (Å²) in [7, 11) is 2.78. The van der Waals surface area contributed by atoms with Gasteiger partial charge < -0.3 is 19.9 Å². The van der Waals surface area contributed by atoms with Gasteiger partial charge in [-0.1, -0.05) is 30.3 Å². The molecule has 1 unspecified atom stereocenters. The van der Waals surface area contributed by atoms with Crippen LogP contribution in [0.15, 0.2) is 42.5 Å². The molecule has 0 aromatic heterocycles. The summed E-state index contributed by atoms with van der Waals surface area (Å²) in [6.45, 7) is -0.0424. The van der Waals surface area contributed by atoms with Gasteiger partial charge in [-0.25, -0.2) is 4.79 Å². The molecule has 25 heavy (non-hydrogen) atoms. The summed E-state index contributed by atoms with van der Waals surface area (Å²) in [5.74, 6) is -0.548. The molecule has 2 N–H and O–H groups in total. The monoisotopic (exact) mass is 341 g/mol. The van der Waals surface area contributed by atoms with Crippen molar-refractivity contribution in [2.24, 2.45) is 0 Å². The van der Waals surface area contributed by atoms with Crippen LogP contribution in [-0.2, 0) is 10.2 Å². The highest BCUT2D eigenvalue weighted by molar-refractivity contribution is 6.01. The van der Waals surface area contributed by atoms with Crippen LogP contribution in [0.5, 0.6) is 5.75 Å². The third-order valence-electron chi connectivity index (χ3n) is 4.56. The minimum atomic E-state index is -0.844. The van der Waals surface area contributed by atoms with Crippen LogP contribution >= 0.6 is 0 Å². The van der Waals surface area contributed by atoms with Crippen molar-refractivity contribution in [2.75, 3.05) is 27.4 Å². The van der Waals surface area contributed by atoms with Crippen molar-refractivity contribution in [3.05, 3.63) is 64.7 Å². The summed E-state index contributed by atoms with van der Waals surface area (Å²) in [5.41, 5.74) is 1.08. The number of aliphatic hydroxyl groups is 1. The number of methoxy groups -OCH3 is 1. The van der Waals surface area contributed by atoms with Crippen LogP contribution < -0.4 is 10.1 Å². The first-order valence-corrected chi connectivity index (χ1v) is 7.85. The molecule has 0 saturated carbocycles. The number of aliphatic hydroxyl groups excluding tert-OH is 1. The van der Waals surface area contributed by atoms with Crippen LogP contribution in [0.3, 0.4) is 0 Å². The van der Waals surface area contributed by atoms with E-state index in [0.717, 1.165) is 5.56 Å². The molecule has 1 aliphatic heterocycles. The molecule has 1 atom stereocenters. The van der Waals surface area contributed by atoms with Crippen molar-refractivity contribution >= 4 is 11.9 Å². The Hall–Kier alpha value is -2.86. The second kappa shape index (κ2) is 6.57. The predicted octanol–water partition coefficient (Wildman–Crippen LogP) is 1.50. The van der Waals surface area contributed by atoms with Gasteiger partial charge in [-0.15, -0.1) is 0 Å². The van der Waals surface area contributed by atoms with Gasteiger partial charge in [0, 0.05) is 12.6 Å². The number of nitrogens with one attached hydrogen (secondary N) is 1. The van der Waals surface area contributed by atoms with E-state index in [1.54, 1.807) is 6.07 Å². The summed E-state index contributed by atoms with van der Waals surface area (Å²) < 4.78 is 10.6. The number of esters is 1. The maximum absolute atomic E-state index is 12.3. The molecule has 2 aromatic rings. The first kappa shape index (κ1) is 17.0. The first-order chi connectivity index (χ1) is 12.1. The van der Waals surface area contributed by atoms with Crippen molar-refractivity contribution in [1.29, 1.82) is 0 Å². The number of amides is 1. The molecule has 0 spiro atoms. The highest BCUT2D eigenvalue weighted by Gasteiger charge is 2.44. The topological polar surface area (TPSA) is 84.9 Å². The van der Waals surface area contributed by atoms with Gasteiger partial charge in [0.15, 0.2) is 0 Å². The molecule has 0 aliphatic carbocycles. The van der Waals surface area contributed by atoms with Gasteiger partial charge in [0.25, 0.3) is 5.91 Å². The van der Waals surface area contributed by atoms with Gasteiger partial charge in [-0.05, 0) is 17.7 Å². The molecule has 1 aliphatic rings. The third-order valence-corrected chi connectivity index (χ3v) is 4.56. The smallest absolute Gasteiger partial charge is 0.337 e. The van der Waals surface area contributed by atoms with E-state index in [0.29, 0.717) is 11.3 Å². The van der Waals surface area contributed by atoms with E-state index in [1.165, 1.54) is 20.2 Å². The second-order valence-electron chi connectivity index (χ2n) is 5.87. The molecule has 2 aromatic carbocycles. The second-order valence-corrected chi connectivity index (χ2v) is 5.87. The summed E-state index contributed by atoms with van der Waals surface area (Å²) in [5, 5.41) is 12.7. The zero-order valence-electron chi connectivity index (χ0n) is 14.0. The van der Waals surface area contributed by atoms with Crippen molar-refractivity contribution < 1.29 is 24.2 Å². The van der Waals surface area contributed by atoms with Crippen molar-refractivity contribution in [3.8, 4) is 5.75 Å². The Balaban J connectivity index is 2.27. The molecule has 0 radical (unpaired) electrons. The summed E-state index contributed by atoms with van der Waals surface area (Å²) in [4.78, 5) is 24.3. The van der Waals surface area contributed by atoms with Crippen molar-refractivity contribution in [1.82, 2.24) is 5.32 Å². The van der Waals surface area contributed by atoms with Crippen LogP contribution in [0, 0.1) is 0 Å². The number of carbonyl (C=O) groups is 2. The van der Waals surface area contributed by atoms with Gasteiger partial charge in [-0.2, -0.15) is 0 Å². The summed E-state index contributed by atoms with van der Waals surface area (Å²) in [6, 6.07) is 12.5. The van der Waals surface area contributed by atoms with Gasteiger partial charge >= 0.3 is 5.97 Å². The van der Waals surface area contributed by atoms with E-state index in [9.17, 15) is 14.7 Å². The van der Waals surface area contributed by atoms with Gasteiger partial charge in [0.05, 0.1) is 30.3 Å². The highest BCUT2D eigenvalue weighted by Crippen LogP contribution is 2.45. The molecule has 6 nitrogen and oxygen atoms in total. The fraction of sp³-hybridized carbons (Fsp3) is 0.263. The standard InChI is InChI=1S/C19H19NO5/c1-20-17(22)14-8-12(18(23)24-2)9-15-16(14)25-11-19(15,10-21)13-6-4-3-5-7-13/h3-9,21H,10-11H2,1-2H3,(H,20,22). The predicted molar refractivity (Wildman–Crippen MR) is 91.0 cm³/mol. The molecular weight excluding hydrogens is 322 g/mol. The maximum atomic E-state index is 12.3. The van der Waals surface area contributed by atoms with E-state index in [2.05, 4.69) is 5.32 Å².